The molecule has 1 fully saturated rings. The number of hydrogen-bond acceptors (Lipinski definition) is 2. The van der Waals surface area contributed by atoms with E-state index in [1.807, 2.05) is 11.8 Å². The Kier molecular flexibility index (Phi) is 5.40. The highest BCUT2D eigenvalue weighted by Crippen LogP contribution is 2.26. The highest BCUT2D eigenvalue weighted by molar-refractivity contribution is 7.99. The molecule has 0 saturated heterocycles. The van der Waals surface area contributed by atoms with Crippen molar-refractivity contribution in [3.8, 4) is 0 Å². The fourth-order valence-electron chi connectivity index (χ4n) is 2.42. The summed E-state index contributed by atoms with van der Waals surface area (Å²) in [6, 6.07) is 10.6. The van der Waals surface area contributed by atoms with Crippen LogP contribution in [0.3, 0.4) is 0 Å². The lowest BCUT2D eigenvalue weighted by molar-refractivity contribution is 0.0247. The Morgan fingerprint density at radius 2 is 2.06 bits per heavy atom. The Bertz CT molecular complexity index is 312. The van der Waals surface area contributed by atoms with Crippen molar-refractivity contribution in [2.45, 2.75) is 43.6 Å². The first-order valence-corrected chi connectivity index (χ1v) is 7.62. The highest BCUT2D eigenvalue weighted by atomic mass is 32.2. The van der Waals surface area contributed by atoms with E-state index < -0.39 is 0 Å². The second-order valence-electron chi connectivity index (χ2n) is 4.93. The molecule has 0 radical (unpaired) electrons. The maximum Gasteiger partial charge on any atom is 0.0578 e. The lowest BCUT2D eigenvalue weighted by atomic mass is 9.89. The maximum absolute atomic E-state index is 5.95. The van der Waals surface area contributed by atoms with Crippen molar-refractivity contribution in [3.05, 3.63) is 30.3 Å². The van der Waals surface area contributed by atoms with E-state index in [-0.39, 0.29) is 0 Å². The van der Waals surface area contributed by atoms with Gasteiger partial charge in [-0.1, -0.05) is 38.0 Å². The molecular formula is C15H22OS. The molecule has 94 valence electrons. The minimum absolute atomic E-state index is 0.523. The molecule has 17 heavy (non-hydrogen) atoms. The van der Waals surface area contributed by atoms with Gasteiger partial charge < -0.3 is 4.74 Å². The Hall–Kier alpha value is -0.470. The summed E-state index contributed by atoms with van der Waals surface area (Å²) in [6.45, 7) is 3.23. The topological polar surface area (TPSA) is 9.23 Å². The van der Waals surface area contributed by atoms with Crippen LogP contribution in [0.2, 0.25) is 0 Å². The third-order valence-corrected chi connectivity index (χ3v) is 4.31. The normalized spacial score (nSPS) is 24.8. The summed E-state index contributed by atoms with van der Waals surface area (Å²) < 4.78 is 5.95. The molecule has 2 unspecified atom stereocenters. The second-order valence-corrected chi connectivity index (χ2v) is 6.09. The van der Waals surface area contributed by atoms with Crippen LogP contribution in [0.5, 0.6) is 0 Å². The van der Waals surface area contributed by atoms with Crippen LogP contribution in [-0.2, 0) is 4.74 Å². The molecule has 2 rings (SSSR count). The Balaban J connectivity index is 1.60. The first-order chi connectivity index (χ1) is 8.34. The van der Waals surface area contributed by atoms with E-state index in [9.17, 15) is 0 Å². The summed E-state index contributed by atoms with van der Waals surface area (Å²) in [5, 5.41) is 0. The summed E-state index contributed by atoms with van der Waals surface area (Å²) >= 11 is 1.88. The van der Waals surface area contributed by atoms with Gasteiger partial charge in [0.2, 0.25) is 0 Å². The monoisotopic (exact) mass is 250 g/mol. The summed E-state index contributed by atoms with van der Waals surface area (Å²) in [5.74, 6) is 1.92. The van der Waals surface area contributed by atoms with Crippen LogP contribution < -0.4 is 0 Å². The molecule has 0 heterocycles. The minimum Gasteiger partial charge on any atom is -0.377 e. The van der Waals surface area contributed by atoms with Gasteiger partial charge in [0, 0.05) is 10.6 Å². The summed E-state index contributed by atoms with van der Waals surface area (Å²) in [5.41, 5.74) is 0. The van der Waals surface area contributed by atoms with Crippen LogP contribution in [0.1, 0.15) is 32.6 Å². The van der Waals surface area contributed by atoms with Crippen LogP contribution in [-0.4, -0.2) is 18.5 Å². The van der Waals surface area contributed by atoms with Crippen molar-refractivity contribution in [1.29, 1.82) is 0 Å². The molecule has 1 aliphatic carbocycles. The van der Waals surface area contributed by atoms with Gasteiger partial charge in [-0.15, -0.1) is 11.8 Å². The van der Waals surface area contributed by atoms with Gasteiger partial charge in [-0.2, -0.15) is 0 Å². The zero-order valence-electron chi connectivity index (χ0n) is 10.6. The zero-order chi connectivity index (χ0) is 11.9. The van der Waals surface area contributed by atoms with Gasteiger partial charge in [-0.25, -0.2) is 0 Å². The van der Waals surface area contributed by atoms with E-state index in [0.717, 1.165) is 18.3 Å². The number of hydrogen-bond donors (Lipinski definition) is 0. The Labute approximate surface area is 109 Å². The molecule has 2 atom stereocenters. The van der Waals surface area contributed by atoms with E-state index in [1.165, 1.54) is 30.6 Å². The predicted molar refractivity (Wildman–Crippen MR) is 74.5 cm³/mol. The molecule has 2 heteroatoms. The van der Waals surface area contributed by atoms with Crippen LogP contribution in [0.15, 0.2) is 35.2 Å². The van der Waals surface area contributed by atoms with Crippen molar-refractivity contribution in [2.24, 2.45) is 5.92 Å². The molecule has 1 saturated carbocycles. The van der Waals surface area contributed by atoms with Gasteiger partial charge in [0.05, 0.1) is 12.7 Å². The fraction of sp³-hybridized carbons (Fsp3) is 0.600. The van der Waals surface area contributed by atoms with Crippen LogP contribution in [0, 0.1) is 5.92 Å². The van der Waals surface area contributed by atoms with Gasteiger partial charge in [0.25, 0.3) is 0 Å². The largest absolute Gasteiger partial charge is 0.377 e. The maximum atomic E-state index is 5.95. The van der Waals surface area contributed by atoms with Gasteiger partial charge >= 0.3 is 0 Å². The third-order valence-electron chi connectivity index (χ3n) is 3.34. The summed E-state index contributed by atoms with van der Waals surface area (Å²) in [7, 11) is 0. The smallest absolute Gasteiger partial charge is 0.0578 e. The molecule has 0 N–H and O–H groups in total. The third kappa shape index (κ3) is 4.72. The predicted octanol–water partition coefficient (Wildman–Crippen LogP) is 4.37. The lowest BCUT2D eigenvalue weighted by Crippen LogP contribution is -2.22. The molecule has 0 aromatic heterocycles. The van der Waals surface area contributed by atoms with Gasteiger partial charge in [0.15, 0.2) is 0 Å². The zero-order valence-corrected chi connectivity index (χ0v) is 11.4. The van der Waals surface area contributed by atoms with Crippen LogP contribution in [0.4, 0.5) is 0 Å². The second kappa shape index (κ2) is 7.07. The summed E-state index contributed by atoms with van der Waals surface area (Å²) in [6.07, 6.45) is 5.78. The molecule has 0 amide bonds. The van der Waals surface area contributed by atoms with Crippen LogP contribution in [0.25, 0.3) is 0 Å². The molecular weight excluding hydrogens is 228 g/mol. The van der Waals surface area contributed by atoms with Crippen molar-refractivity contribution in [2.75, 3.05) is 12.4 Å². The van der Waals surface area contributed by atoms with Crippen molar-refractivity contribution in [3.63, 3.8) is 0 Å². The van der Waals surface area contributed by atoms with E-state index >= 15 is 0 Å². The number of ether oxygens (including phenoxy) is 1. The lowest BCUT2D eigenvalue weighted by Gasteiger charge is -2.26. The van der Waals surface area contributed by atoms with Gasteiger partial charge in [-0.05, 0) is 30.9 Å². The first-order valence-electron chi connectivity index (χ1n) is 6.64. The SMILES string of the molecule is CC1CCCC(OCCSc2ccccc2)C1. The van der Waals surface area contributed by atoms with E-state index in [1.54, 1.807) is 0 Å². The van der Waals surface area contributed by atoms with Crippen molar-refractivity contribution in [1.82, 2.24) is 0 Å². The average Bonchev–Trinajstić information content (AvgIpc) is 2.36. The number of rotatable bonds is 5. The molecule has 1 aromatic rings. The average molecular weight is 250 g/mol. The van der Waals surface area contributed by atoms with Crippen molar-refractivity contribution >= 4 is 11.8 Å². The number of thioether (sulfide) groups is 1. The number of benzene rings is 1. The first kappa shape index (κ1) is 13.0. The molecule has 1 aliphatic rings. The molecule has 0 aliphatic heterocycles. The fourth-order valence-corrected chi connectivity index (χ4v) is 3.19. The van der Waals surface area contributed by atoms with E-state index in [2.05, 4.69) is 37.3 Å². The minimum atomic E-state index is 0.523. The highest BCUT2D eigenvalue weighted by Gasteiger charge is 2.18. The Morgan fingerprint density at radius 1 is 1.24 bits per heavy atom. The molecule has 1 aromatic carbocycles. The van der Waals surface area contributed by atoms with Gasteiger partial charge in [-0.3, -0.25) is 0 Å². The molecule has 0 bridgehead atoms. The van der Waals surface area contributed by atoms with E-state index in [0.29, 0.717) is 6.10 Å². The Morgan fingerprint density at radius 3 is 2.82 bits per heavy atom. The van der Waals surface area contributed by atoms with Gasteiger partial charge in [0.1, 0.15) is 0 Å². The van der Waals surface area contributed by atoms with Crippen molar-refractivity contribution < 1.29 is 4.74 Å². The standard InChI is InChI=1S/C15H22OS/c1-13-6-5-7-14(12-13)16-10-11-17-15-8-3-2-4-9-15/h2-4,8-9,13-14H,5-7,10-12H2,1H3. The van der Waals surface area contributed by atoms with E-state index in [4.69, 9.17) is 4.74 Å². The van der Waals surface area contributed by atoms with Crippen LogP contribution >= 0.6 is 11.8 Å². The molecule has 1 nitrogen and oxygen atoms in total. The summed E-state index contributed by atoms with van der Waals surface area (Å²) in [4.78, 5) is 1.34. The quantitative estimate of drug-likeness (QED) is 0.567. The molecule has 0 spiro atoms.